The van der Waals surface area contributed by atoms with Gasteiger partial charge in [0.25, 0.3) is 0 Å². The summed E-state index contributed by atoms with van der Waals surface area (Å²) in [6, 6.07) is 0. The Morgan fingerprint density at radius 2 is 1.94 bits per heavy atom. The molecule has 1 nitrogen and oxygen atoms in total. The van der Waals surface area contributed by atoms with Crippen LogP contribution in [-0.4, -0.2) is 30.3 Å². The lowest BCUT2D eigenvalue weighted by molar-refractivity contribution is 0.0882. The fourth-order valence-corrected chi connectivity index (χ4v) is 4.19. The zero-order valence-corrected chi connectivity index (χ0v) is 12.4. The highest BCUT2D eigenvalue weighted by molar-refractivity contribution is 7.80. The molecule has 100 valence electrons. The minimum absolute atomic E-state index is 0.553. The second kappa shape index (κ2) is 6.47. The second-order valence-corrected chi connectivity index (χ2v) is 6.69. The SMILES string of the molecule is CCC1CCCN(CC2(CS)CCCCC2)C1. The molecule has 1 aliphatic carbocycles. The summed E-state index contributed by atoms with van der Waals surface area (Å²) in [5.41, 5.74) is 0.553. The fraction of sp³-hybridized carbons (Fsp3) is 1.00. The van der Waals surface area contributed by atoms with Crippen molar-refractivity contribution < 1.29 is 0 Å². The zero-order chi connectivity index (χ0) is 12.1. The van der Waals surface area contributed by atoms with Crippen molar-refractivity contribution in [3.8, 4) is 0 Å². The van der Waals surface area contributed by atoms with Crippen LogP contribution in [0.15, 0.2) is 0 Å². The molecule has 0 radical (unpaired) electrons. The number of hydrogen-bond acceptors (Lipinski definition) is 2. The van der Waals surface area contributed by atoms with Crippen LogP contribution in [0.5, 0.6) is 0 Å². The topological polar surface area (TPSA) is 3.24 Å². The van der Waals surface area contributed by atoms with Gasteiger partial charge in [-0.3, -0.25) is 0 Å². The zero-order valence-electron chi connectivity index (χ0n) is 11.5. The van der Waals surface area contributed by atoms with Crippen LogP contribution in [0, 0.1) is 11.3 Å². The van der Waals surface area contributed by atoms with Crippen LogP contribution in [0.4, 0.5) is 0 Å². The van der Waals surface area contributed by atoms with Gasteiger partial charge in [0, 0.05) is 13.1 Å². The summed E-state index contributed by atoms with van der Waals surface area (Å²) in [4.78, 5) is 2.75. The third-order valence-electron chi connectivity index (χ3n) is 4.99. The first kappa shape index (κ1) is 13.7. The van der Waals surface area contributed by atoms with Crippen molar-refractivity contribution in [1.29, 1.82) is 0 Å². The van der Waals surface area contributed by atoms with E-state index in [1.165, 1.54) is 71.0 Å². The number of likely N-dealkylation sites (tertiary alicyclic amines) is 1. The van der Waals surface area contributed by atoms with Crippen LogP contribution >= 0.6 is 12.6 Å². The Bertz CT molecular complexity index is 223. The molecule has 2 aliphatic rings. The molecule has 0 spiro atoms. The molecule has 2 rings (SSSR count). The minimum atomic E-state index is 0.553. The molecule has 1 unspecified atom stereocenters. The van der Waals surface area contributed by atoms with E-state index in [9.17, 15) is 0 Å². The molecule has 17 heavy (non-hydrogen) atoms. The molecule has 1 saturated carbocycles. The highest BCUT2D eigenvalue weighted by Crippen LogP contribution is 2.38. The minimum Gasteiger partial charge on any atom is -0.302 e. The summed E-state index contributed by atoms with van der Waals surface area (Å²) in [7, 11) is 0. The van der Waals surface area contributed by atoms with Gasteiger partial charge in [-0.15, -0.1) is 0 Å². The van der Waals surface area contributed by atoms with E-state index in [4.69, 9.17) is 0 Å². The van der Waals surface area contributed by atoms with Gasteiger partial charge < -0.3 is 4.90 Å². The van der Waals surface area contributed by atoms with Crippen molar-refractivity contribution in [2.75, 3.05) is 25.4 Å². The summed E-state index contributed by atoms with van der Waals surface area (Å²) in [5.74, 6) is 2.06. The van der Waals surface area contributed by atoms with Crippen molar-refractivity contribution in [1.82, 2.24) is 4.90 Å². The van der Waals surface area contributed by atoms with Gasteiger partial charge in [-0.1, -0.05) is 32.6 Å². The lowest BCUT2D eigenvalue weighted by atomic mass is 9.74. The number of hydrogen-bond donors (Lipinski definition) is 1. The van der Waals surface area contributed by atoms with Crippen molar-refractivity contribution in [3.63, 3.8) is 0 Å². The highest BCUT2D eigenvalue weighted by atomic mass is 32.1. The molecule has 1 saturated heterocycles. The number of rotatable bonds is 4. The Hall–Kier alpha value is 0.310. The molecule has 0 bridgehead atoms. The summed E-state index contributed by atoms with van der Waals surface area (Å²) in [6.45, 7) is 6.37. The Morgan fingerprint density at radius 3 is 2.59 bits per heavy atom. The van der Waals surface area contributed by atoms with Crippen molar-refractivity contribution >= 4 is 12.6 Å². The van der Waals surface area contributed by atoms with Crippen LogP contribution in [-0.2, 0) is 0 Å². The molecule has 0 aromatic carbocycles. The van der Waals surface area contributed by atoms with E-state index in [1.54, 1.807) is 0 Å². The molecule has 1 aliphatic heterocycles. The van der Waals surface area contributed by atoms with E-state index in [0.29, 0.717) is 5.41 Å². The fourth-order valence-electron chi connectivity index (χ4n) is 3.77. The van der Waals surface area contributed by atoms with Crippen molar-refractivity contribution in [2.24, 2.45) is 11.3 Å². The van der Waals surface area contributed by atoms with Gasteiger partial charge in [0.05, 0.1) is 0 Å². The molecule has 0 N–H and O–H groups in total. The lowest BCUT2D eigenvalue weighted by Crippen LogP contribution is -2.44. The Labute approximate surface area is 113 Å². The van der Waals surface area contributed by atoms with Crippen molar-refractivity contribution in [3.05, 3.63) is 0 Å². The predicted octanol–water partition coefficient (Wildman–Crippen LogP) is 3.99. The Kier molecular flexibility index (Phi) is 5.23. The van der Waals surface area contributed by atoms with Gasteiger partial charge in [0.1, 0.15) is 0 Å². The summed E-state index contributed by atoms with van der Waals surface area (Å²) >= 11 is 4.67. The summed E-state index contributed by atoms with van der Waals surface area (Å²) in [6.07, 6.45) is 11.4. The molecular formula is C15H29NS. The molecule has 0 amide bonds. The molecule has 0 aromatic heterocycles. The maximum atomic E-state index is 4.67. The van der Waals surface area contributed by atoms with Crippen LogP contribution in [0.25, 0.3) is 0 Å². The highest BCUT2D eigenvalue weighted by Gasteiger charge is 2.33. The number of thiol groups is 1. The normalized spacial score (nSPS) is 30.4. The molecule has 0 aromatic rings. The average Bonchev–Trinajstić information content (AvgIpc) is 2.40. The summed E-state index contributed by atoms with van der Waals surface area (Å²) < 4.78 is 0. The largest absolute Gasteiger partial charge is 0.302 e. The quantitative estimate of drug-likeness (QED) is 0.744. The number of nitrogens with zero attached hydrogens (tertiary/aromatic N) is 1. The van der Waals surface area contributed by atoms with Crippen LogP contribution in [0.2, 0.25) is 0 Å². The second-order valence-electron chi connectivity index (χ2n) is 6.37. The van der Waals surface area contributed by atoms with Crippen LogP contribution in [0.3, 0.4) is 0 Å². The third kappa shape index (κ3) is 3.64. The van der Waals surface area contributed by atoms with E-state index in [0.717, 1.165) is 11.7 Å². The smallest absolute Gasteiger partial charge is 0.00459 e. The molecule has 1 atom stereocenters. The molecule has 1 heterocycles. The predicted molar refractivity (Wildman–Crippen MR) is 78.8 cm³/mol. The molecular weight excluding hydrogens is 226 g/mol. The monoisotopic (exact) mass is 255 g/mol. The third-order valence-corrected chi connectivity index (χ3v) is 5.66. The molecule has 2 heteroatoms. The number of piperidine rings is 1. The Balaban J connectivity index is 1.88. The van der Waals surface area contributed by atoms with E-state index >= 15 is 0 Å². The van der Waals surface area contributed by atoms with E-state index in [-0.39, 0.29) is 0 Å². The van der Waals surface area contributed by atoms with E-state index in [2.05, 4.69) is 24.5 Å². The summed E-state index contributed by atoms with van der Waals surface area (Å²) in [5, 5.41) is 0. The first-order valence-electron chi connectivity index (χ1n) is 7.61. The van der Waals surface area contributed by atoms with Crippen LogP contribution < -0.4 is 0 Å². The van der Waals surface area contributed by atoms with Crippen molar-refractivity contribution in [2.45, 2.75) is 58.3 Å². The van der Waals surface area contributed by atoms with Gasteiger partial charge in [-0.2, -0.15) is 12.6 Å². The lowest BCUT2D eigenvalue weighted by Gasteiger charge is -2.43. The van der Waals surface area contributed by atoms with Gasteiger partial charge in [-0.25, -0.2) is 0 Å². The first-order valence-corrected chi connectivity index (χ1v) is 8.24. The first-order chi connectivity index (χ1) is 8.28. The van der Waals surface area contributed by atoms with E-state index in [1.807, 2.05) is 0 Å². The maximum Gasteiger partial charge on any atom is 0.00459 e. The average molecular weight is 255 g/mol. The van der Waals surface area contributed by atoms with E-state index < -0.39 is 0 Å². The van der Waals surface area contributed by atoms with Gasteiger partial charge in [-0.05, 0) is 49.3 Å². The standard InChI is InChI=1S/C15H29NS/c1-2-14-7-6-10-16(11-14)12-15(13-17)8-4-3-5-9-15/h14,17H,2-13H2,1H3. The van der Waals surface area contributed by atoms with Gasteiger partial charge in [0.15, 0.2) is 0 Å². The van der Waals surface area contributed by atoms with Gasteiger partial charge in [0.2, 0.25) is 0 Å². The van der Waals surface area contributed by atoms with Gasteiger partial charge >= 0.3 is 0 Å². The Morgan fingerprint density at radius 1 is 1.18 bits per heavy atom. The molecule has 2 fully saturated rings. The van der Waals surface area contributed by atoms with Crippen LogP contribution in [0.1, 0.15) is 58.3 Å². The maximum absolute atomic E-state index is 4.67.